The molecule has 0 radical (unpaired) electrons. The topological polar surface area (TPSA) is 29.9 Å². The predicted octanol–water partition coefficient (Wildman–Crippen LogP) is 1.20. The zero-order valence-electron chi connectivity index (χ0n) is 4.71. The minimum atomic E-state index is 0.336. The highest BCUT2D eigenvalue weighted by Gasteiger charge is 2.17. The van der Waals surface area contributed by atoms with Crippen LogP contribution in [0.3, 0.4) is 0 Å². The molecular weight excluding hydrogens is 182 g/mol. The van der Waals surface area contributed by atoms with E-state index in [1.807, 2.05) is 10.7 Å². The molecule has 0 bridgehead atoms. The highest BCUT2D eigenvalue weighted by Crippen LogP contribution is 2.25. The van der Waals surface area contributed by atoms with E-state index in [1.165, 1.54) is 0 Å². The molecule has 4 heteroatoms. The normalized spacial score (nSPS) is 23.4. The van der Waals surface area contributed by atoms with Gasteiger partial charge in [0, 0.05) is 12.6 Å². The largest absolute Gasteiger partial charge is 0.367 e. The Morgan fingerprint density at radius 1 is 1.89 bits per heavy atom. The van der Waals surface area contributed by atoms with E-state index in [9.17, 15) is 0 Å². The lowest BCUT2D eigenvalue weighted by molar-refractivity contribution is 0.689. The maximum absolute atomic E-state index is 4.09. The van der Waals surface area contributed by atoms with Crippen LogP contribution in [0.4, 0.5) is 5.82 Å². The van der Waals surface area contributed by atoms with Crippen molar-refractivity contribution < 1.29 is 0 Å². The summed E-state index contributed by atoms with van der Waals surface area (Å²) in [6.07, 6.45) is 1.79. The van der Waals surface area contributed by atoms with Crippen molar-refractivity contribution in [3.63, 3.8) is 0 Å². The van der Waals surface area contributed by atoms with Crippen LogP contribution >= 0.6 is 15.9 Å². The lowest BCUT2D eigenvalue weighted by Crippen LogP contribution is -1.99. The van der Waals surface area contributed by atoms with Crippen LogP contribution in [-0.2, 0) is 0 Å². The number of hydrogen-bond acceptors (Lipinski definition) is 2. The minimum absolute atomic E-state index is 0.336. The number of alkyl halides is 1. The summed E-state index contributed by atoms with van der Waals surface area (Å²) in [7, 11) is 0. The van der Waals surface area contributed by atoms with Gasteiger partial charge in [0.25, 0.3) is 0 Å². The quantitative estimate of drug-likeness (QED) is 0.620. The zero-order chi connectivity index (χ0) is 6.27. The third-order valence-corrected chi connectivity index (χ3v) is 2.10. The Morgan fingerprint density at radius 3 is 3.56 bits per heavy atom. The first-order valence-corrected chi connectivity index (χ1v) is 3.71. The molecule has 1 unspecified atom stereocenters. The fourth-order valence-corrected chi connectivity index (χ4v) is 1.44. The smallest absolute Gasteiger partial charge is 0.126 e. The Labute approximate surface area is 61.2 Å². The van der Waals surface area contributed by atoms with Crippen molar-refractivity contribution in [2.75, 3.05) is 11.9 Å². The second kappa shape index (κ2) is 1.73. The Balaban J connectivity index is 2.49. The Kier molecular flexibility index (Phi) is 1.02. The molecule has 1 atom stereocenters. The van der Waals surface area contributed by atoms with Crippen LogP contribution in [0, 0.1) is 0 Å². The van der Waals surface area contributed by atoms with Crippen LogP contribution in [0.2, 0.25) is 0 Å². The highest BCUT2D eigenvalue weighted by atomic mass is 79.9. The van der Waals surface area contributed by atoms with Gasteiger partial charge in [0.2, 0.25) is 0 Å². The van der Waals surface area contributed by atoms with Crippen LogP contribution < -0.4 is 5.32 Å². The van der Waals surface area contributed by atoms with Gasteiger partial charge in [-0.25, -0.2) is 4.68 Å². The molecule has 9 heavy (non-hydrogen) atoms. The second-order valence-corrected chi connectivity index (χ2v) is 3.03. The number of fused-ring (bicyclic) bond motifs is 1. The zero-order valence-corrected chi connectivity index (χ0v) is 6.30. The van der Waals surface area contributed by atoms with Gasteiger partial charge in [-0.05, 0) is 0 Å². The lowest BCUT2D eigenvalue weighted by Gasteiger charge is -1.96. The molecule has 1 aliphatic heterocycles. The van der Waals surface area contributed by atoms with E-state index in [-0.39, 0.29) is 0 Å². The molecule has 1 N–H and O–H groups in total. The van der Waals surface area contributed by atoms with Crippen molar-refractivity contribution in [2.24, 2.45) is 0 Å². The van der Waals surface area contributed by atoms with Crippen molar-refractivity contribution in [3.05, 3.63) is 12.3 Å². The van der Waals surface area contributed by atoms with E-state index in [1.54, 1.807) is 6.20 Å². The molecule has 1 aromatic rings. The van der Waals surface area contributed by atoms with Gasteiger partial charge in [0.1, 0.15) is 10.8 Å². The first-order chi connectivity index (χ1) is 4.38. The maximum atomic E-state index is 4.09. The fourth-order valence-electron chi connectivity index (χ4n) is 0.953. The van der Waals surface area contributed by atoms with Gasteiger partial charge in [0.05, 0.1) is 6.20 Å². The molecule has 0 saturated heterocycles. The number of rotatable bonds is 0. The van der Waals surface area contributed by atoms with Crippen LogP contribution in [0.15, 0.2) is 12.3 Å². The lowest BCUT2D eigenvalue weighted by atomic mass is 10.6. The van der Waals surface area contributed by atoms with Gasteiger partial charge in [-0.2, -0.15) is 5.10 Å². The number of nitrogens with one attached hydrogen (secondary N) is 1. The van der Waals surface area contributed by atoms with E-state index in [2.05, 4.69) is 26.3 Å². The average Bonchev–Trinajstić information content (AvgIpc) is 2.35. The van der Waals surface area contributed by atoms with Gasteiger partial charge < -0.3 is 5.32 Å². The fraction of sp³-hybridized carbons (Fsp3) is 0.400. The molecule has 48 valence electrons. The number of nitrogens with zero attached hydrogens (tertiary/aromatic N) is 2. The summed E-state index contributed by atoms with van der Waals surface area (Å²) in [4.78, 5) is 0.336. The molecule has 0 aliphatic carbocycles. The third-order valence-electron chi connectivity index (χ3n) is 1.39. The molecular formula is C5H6BrN3. The molecule has 0 amide bonds. The monoisotopic (exact) mass is 187 g/mol. The number of hydrogen-bond donors (Lipinski definition) is 1. The average molecular weight is 188 g/mol. The highest BCUT2D eigenvalue weighted by molar-refractivity contribution is 9.09. The second-order valence-electron chi connectivity index (χ2n) is 1.98. The summed E-state index contributed by atoms with van der Waals surface area (Å²) in [5.74, 6) is 1.09. The van der Waals surface area contributed by atoms with Crippen LogP contribution in [-0.4, -0.2) is 16.3 Å². The molecule has 0 fully saturated rings. The summed E-state index contributed by atoms with van der Waals surface area (Å²) in [6, 6.07) is 1.96. The third kappa shape index (κ3) is 0.660. The number of anilines is 1. The SMILES string of the molecule is BrC1CNc2ccnn21. The first-order valence-electron chi connectivity index (χ1n) is 2.79. The molecule has 0 spiro atoms. The van der Waals surface area contributed by atoms with Crippen molar-refractivity contribution in [3.8, 4) is 0 Å². The van der Waals surface area contributed by atoms with E-state index in [4.69, 9.17) is 0 Å². The van der Waals surface area contributed by atoms with E-state index in [0.29, 0.717) is 4.95 Å². The molecule has 1 aliphatic rings. The molecule has 0 saturated carbocycles. The van der Waals surface area contributed by atoms with Crippen molar-refractivity contribution >= 4 is 21.7 Å². The summed E-state index contributed by atoms with van der Waals surface area (Å²) >= 11 is 3.45. The Morgan fingerprint density at radius 2 is 2.78 bits per heavy atom. The Hall–Kier alpha value is -0.510. The predicted molar refractivity (Wildman–Crippen MR) is 38.7 cm³/mol. The molecule has 3 nitrogen and oxygen atoms in total. The van der Waals surface area contributed by atoms with E-state index in [0.717, 1.165) is 12.4 Å². The van der Waals surface area contributed by atoms with Gasteiger partial charge in [-0.15, -0.1) is 0 Å². The summed E-state index contributed by atoms with van der Waals surface area (Å²) < 4.78 is 1.92. The standard InChI is InChI=1S/C5H6BrN3/c6-4-3-7-5-1-2-8-9(4)5/h1-2,4,7H,3H2. The molecule has 2 heterocycles. The number of halogens is 1. The summed E-state index contributed by atoms with van der Waals surface area (Å²) in [5, 5.41) is 7.27. The summed E-state index contributed by atoms with van der Waals surface area (Å²) in [6.45, 7) is 0.934. The van der Waals surface area contributed by atoms with Crippen molar-refractivity contribution in [1.29, 1.82) is 0 Å². The van der Waals surface area contributed by atoms with Gasteiger partial charge in [-0.3, -0.25) is 0 Å². The molecule has 1 aromatic heterocycles. The first kappa shape index (κ1) is 5.29. The van der Waals surface area contributed by atoms with Gasteiger partial charge in [-0.1, -0.05) is 15.9 Å². The van der Waals surface area contributed by atoms with Crippen molar-refractivity contribution in [2.45, 2.75) is 4.95 Å². The summed E-state index contributed by atoms with van der Waals surface area (Å²) in [5.41, 5.74) is 0. The molecule has 2 rings (SSSR count). The van der Waals surface area contributed by atoms with E-state index >= 15 is 0 Å². The Bertz CT molecular complexity index is 220. The van der Waals surface area contributed by atoms with E-state index < -0.39 is 0 Å². The maximum Gasteiger partial charge on any atom is 0.126 e. The molecule has 0 aromatic carbocycles. The van der Waals surface area contributed by atoms with Crippen LogP contribution in [0.5, 0.6) is 0 Å². The number of aromatic nitrogens is 2. The van der Waals surface area contributed by atoms with Gasteiger partial charge >= 0.3 is 0 Å². The van der Waals surface area contributed by atoms with Gasteiger partial charge in [0.15, 0.2) is 0 Å². The van der Waals surface area contributed by atoms with Crippen molar-refractivity contribution in [1.82, 2.24) is 9.78 Å². The van der Waals surface area contributed by atoms with Crippen LogP contribution in [0.25, 0.3) is 0 Å². The minimum Gasteiger partial charge on any atom is -0.367 e. The van der Waals surface area contributed by atoms with Crippen LogP contribution in [0.1, 0.15) is 4.95 Å².